The van der Waals surface area contributed by atoms with Crippen LogP contribution < -0.4 is 4.74 Å². The first-order valence-electron chi connectivity index (χ1n) is 9.33. The lowest BCUT2D eigenvalue weighted by molar-refractivity contribution is 0.0704. The third-order valence-electron chi connectivity index (χ3n) is 4.74. The summed E-state index contributed by atoms with van der Waals surface area (Å²) >= 11 is 0. The predicted octanol–water partition coefficient (Wildman–Crippen LogP) is 3.39. The monoisotopic (exact) mass is 375 g/mol. The molecular weight excluding hydrogens is 354 g/mol. The summed E-state index contributed by atoms with van der Waals surface area (Å²) in [4.78, 5) is 31.6. The van der Waals surface area contributed by atoms with Crippen LogP contribution in [-0.4, -0.2) is 43.8 Å². The molecule has 0 N–H and O–H groups in total. The number of aromatic nitrogens is 4. The number of para-hydroxylation sites is 1. The van der Waals surface area contributed by atoms with Crippen molar-refractivity contribution in [1.29, 1.82) is 0 Å². The van der Waals surface area contributed by atoms with Gasteiger partial charge >= 0.3 is 0 Å². The van der Waals surface area contributed by atoms with Crippen molar-refractivity contribution in [3.05, 3.63) is 72.2 Å². The number of aryl methyl sites for hydroxylation is 1. The lowest BCUT2D eigenvalue weighted by atomic mass is 9.95. The van der Waals surface area contributed by atoms with E-state index in [0.29, 0.717) is 24.7 Å². The Hall–Kier alpha value is -3.35. The van der Waals surface area contributed by atoms with E-state index in [1.807, 2.05) is 48.2 Å². The number of ether oxygens (including phenoxy) is 1. The van der Waals surface area contributed by atoms with E-state index in [4.69, 9.17) is 4.74 Å². The quantitative estimate of drug-likeness (QED) is 0.695. The minimum Gasteiger partial charge on any atom is -0.439 e. The van der Waals surface area contributed by atoms with Crippen LogP contribution >= 0.6 is 0 Å². The topological polar surface area (TPSA) is 81.1 Å². The number of carbonyl (C=O) groups excluding carboxylic acids is 1. The fourth-order valence-corrected chi connectivity index (χ4v) is 3.32. The van der Waals surface area contributed by atoms with E-state index in [1.165, 1.54) is 12.4 Å². The summed E-state index contributed by atoms with van der Waals surface area (Å²) in [7, 11) is 0. The van der Waals surface area contributed by atoms with Gasteiger partial charge in [0.1, 0.15) is 17.3 Å². The molecule has 0 bridgehead atoms. The Morgan fingerprint density at radius 2 is 1.89 bits per heavy atom. The number of piperidine rings is 1. The molecule has 1 amide bonds. The van der Waals surface area contributed by atoms with Crippen LogP contribution in [-0.2, 0) is 0 Å². The van der Waals surface area contributed by atoms with Crippen LogP contribution in [0.4, 0.5) is 0 Å². The van der Waals surface area contributed by atoms with Gasteiger partial charge in [0, 0.05) is 43.2 Å². The van der Waals surface area contributed by atoms with Crippen molar-refractivity contribution >= 4 is 5.91 Å². The van der Waals surface area contributed by atoms with Crippen molar-refractivity contribution in [3.8, 4) is 11.6 Å². The van der Waals surface area contributed by atoms with E-state index in [2.05, 4.69) is 19.9 Å². The summed E-state index contributed by atoms with van der Waals surface area (Å²) in [5, 5.41) is 0. The highest BCUT2D eigenvalue weighted by Gasteiger charge is 2.27. The zero-order valence-electron chi connectivity index (χ0n) is 15.7. The largest absolute Gasteiger partial charge is 0.439 e. The highest BCUT2D eigenvalue weighted by atomic mass is 16.5. The molecule has 2 aromatic heterocycles. The van der Waals surface area contributed by atoms with E-state index in [0.717, 1.165) is 30.1 Å². The number of nitrogens with zero attached hydrogens (tertiary/aromatic N) is 5. The first kappa shape index (κ1) is 18.0. The molecule has 0 radical (unpaired) electrons. The van der Waals surface area contributed by atoms with E-state index < -0.39 is 0 Å². The second kappa shape index (κ2) is 8.12. The maximum absolute atomic E-state index is 12.5. The first-order valence-corrected chi connectivity index (χ1v) is 9.33. The van der Waals surface area contributed by atoms with Gasteiger partial charge in [0.05, 0.1) is 6.20 Å². The summed E-state index contributed by atoms with van der Waals surface area (Å²) in [5.41, 5.74) is 1.25. The van der Waals surface area contributed by atoms with Crippen LogP contribution in [0.25, 0.3) is 0 Å². The number of hydrogen-bond donors (Lipinski definition) is 0. The van der Waals surface area contributed by atoms with Crippen molar-refractivity contribution in [1.82, 2.24) is 24.8 Å². The van der Waals surface area contributed by atoms with Gasteiger partial charge in [-0.3, -0.25) is 9.78 Å². The van der Waals surface area contributed by atoms with E-state index in [1.54, 1.807) is 6.20 Å². The molecule has 0 atom stereocenters. The van der Waals surface area contributed by atoms with Gasteiger partial charge in [0.25, 0.3) is 5.91 Å². The van der Waals surface area contributed by atoms with Crippen LogP contribution in [0, 0.1) is 6.92 Å². The number of hydrogen-bond acceptors (Lipinski definition) is 6. The zero-order valence-corrected chi connectivity index (χ0v) is 15.7. The van der Waals surface area contributed by atoms with Gasteiger partial charge < -0.3 is 9.64 Å². The minimum absolute atomic E-state index is 0.0789. The molecule has 3 aromatic rings. The molecule has 0 aliphatic carbocycles. The summed E-state index contributed by atoms with van der Waals surface area (Å²) < 4.78 is 5.88. The lowest BCUT2D eigenvalue weighted by Crippen LogP contribution is -2.38. The fraction of sp³-hybridized carbons (Fsp3) is 0.286. The normalized spacial score (nSPS) is 14.7. The van der Waals surface area contributed by atoms with Gasteiger partial charge in [-0.15, -0.1) is 0 Å². The summed E-state index contributed by atoms with van der Waals surface area (Å²) in [6.07, 6.45) is 6.22. The third-order valence-corrected chi connectivity index (χ3v) is 4.74. The number of likely N-dealkylation sites (tertiary alicyclic amines) is 1. The van der Waals surface area contributed by atoms with Crippen molar-refractivity contribution < 1.29 is 9.53 Å². The van der Waals surface area contributed by atoms with Gasteiger partial charge in [0.15, 0.2) is 0 Å². The first-order chi connectivity index (χ1) is 13.7. The Kier molecular flexibility index (Phi) is 5.23. The van der Waals surface area contributed by atoms with Gasteiger partial charge in [-0.25, -0.2) is 9.97 Å². The van der Waals surface area contributed by atoms with Crippen LogP contribution in [0.5, 0.6) is 11.6 Å². The molecule has 0 spiro atoms. The SMILES string of the molecule is Cc1cc(Oc2ccccc2)nc(C2CCN(C(=O)c3cnccn3)CC2)n1. The molecule has 7 nitrogen and oxygen atoms in total. The van der Waals surface area contributed by atoms with Crippen molar-refractivity contribution in [2.24, 2.45) is 0 Å². The van der Waals surface area contributed by atoms with Crippen LogP contribution in [0.3, 0.4) is 0 Å². The molecule has 3 heterocycles. The van der Waals surface area contributed by atoms with Gasteiger partial charge in [-0.1, -0.05) is 18.2 Å². The minimum atomic E-state index is -0.0789. The Bertz CT molecular complexity index is 942. The number of carbonyl (C=O) groups is 1. The number of rotatable bonds is 4. The standard InChI is InChI=1S/C21H21N5O2/c1-15-13-19(28-17-5-3-2-4-6-17)25-20(24-15)16-7-11-26(12-8-16)21(27)18-14-22-9-10-23-18/h2-6,9-10,13-14,16H,7-8,11-12H2,1H3. The molecular formula is C21H21N5O2. The molecule has 7 heteroatoms. The molecule has 4 rings (SSSR count). The van der Waals surface area contributed by atoms with Gasteiger partial charge in [0.2, 0.25) is 5.88 Å². The van der Waals surface area contributed by atoms with Gasteiger partial charge in [-0.2, -0.15) is 4.98 Å². The lowest BCUT2D eigenvalue weighted by Gasteiger charge is -2.31. The average molecular weight is 375 g/mol. The summed E-state index contributed by atoms with van der Waals surface area (Å²) in [6, 6.07) is 11.4. The Morgan fingerprint density at radius 1 is 1.11 bits per heavy atom. The summed E-state index contributed by atoms with van der Waals surface area (Å²) in [5.74, 6) is 2.19. The van der Waals surface area contributed by atoms with Crippen LogP contribution in [0.1, 0.15) is 40.8 Å². The highest BCUT2D eigenvalue weighted by molar-refractivity contribution is 5.92. The predicted molar refractivity (Wildman–Crippen MR) is 103 cm³/mol. The molecule has 1 aliphatic rings. The Morgan fingerprint density at radius 3 is 2.61 bits per heavy atom. The third kappa shape index (κ3) is 4.14. The fourth-order valence-electron chi connectivity index (χ4n) is 3.32. The maximum atomic E-state index is 12.5. The zero-order chi connectivity index (χ0) is 19.3. The van der Waals surface area contributed by atoms with Crippen LogP contribution in [0.2, 0.25) is 0 Å². The molecule has 1 aromatic carbocycles. The summed E-state index contributed by atoms with van der Waals surface area (Å²) in [6.45, 7) is 3.23. The van der Waals surface area contributed by atoms with E-state index in [-0.39, 0.29) is 11.8 Å². The second-order valence-corrected chi connectivity index (χ2v) is 6.78. The van der Waals surface area contributed by atoms with Crippen molar-refractivity contribution in [2.75, 3.05) is 13.1 Å². The molecule has 1 fully saturated rings. The second-order valence-electron chi connectivity index (χ2n) is 6.78. The average Bonchev–Trinajstić information content (AvgIpc) is 2.74. The van der Waals surface area contributed by atoms with E-state index >= 15 is 0 Å². The van der Waals surface area contributed by atoms with E-state index in [9.17, 15) is 4.79 Å². The number of benzene rings is 1. The molecule has 28 heavy (non-hydrogen) atoms. The maximum Gasteiger partial charge on any atom is 0.274 e. The Balaban J connectivity index is 1.44. The molecule has 0 unspecified atom stereocenters. The molecule has 0 saturated carbocycles. The van der Waals surface area contributed by atoms with Crippen molar-refractivity contribution in [2.45, 2.75) is 25.7 Å². The molecule has 1 saturated heterocycles. The Labute approximate surface area is 163 Å². The highest BCUT2D eigenvalue weighted by Crippen LogP contribution is 2.28. The smallest absolute Gasteiger partial charge is 0.274 e. The van der Waals surface area contributed by atoms with Crippen molar-refractivity contribution in [3.63, 3.8) is 0 Å². The van der Waals surface area contributed by atoms with Gasteiger partial charge in [-0.05, 0) is 31.9 Å². The molecule has 142 valence electrons. The number of amides is 1. The molecule has 1 aliphatic heterocycles. The van der Waals surface area contributed by atoms with Crippen LogP contribution in [0.15, 0.2) is 55.0 Å².